The van der Waals surface area contributed by atoms with Gasteiger partial charge in [0.05, 0.1) is 13.0 Å². The number of rotatable bonds is 7. The smallest absolute Gasteiger partial charge is 0.306 e. The maximum absolute atomic E-state index is 13.1. The summed E-state index contributed by atoms with van der Waals surface area (Å²) in [4.78, 5) is 34.9. The fourth-order valence-corrected chi connectivity index (χ4v) is 1.96. The quantitative estimate of drug-likeness (QED) is 0.733. The number of amides is 2. The van der Waals surface area contributed by atoms with Crippen LogP contribution in [0.1, 0.15) is 30.6 Å². The molecule has 0 heterocycles. The Kier molecular flexibility index (Phi) is 6.62. The molecule has 0 aliphatic heterocycles. The van der Waals surface area contributed by atoms with Crippen LogP contribution in [0.5, 0.6) is 0 Å². The van der Waals surface area contributed by atoms with Crippen molar-refractivity contribution >= 4 is 17.8 Å². The van der Waals surface area contributed by atoms with Gasteiger partial charge in [-0.25, -0.2) is 8.78 Å². The number of hydrogen-bond donors (Lipinski definition) is 2. The number of hydrogen-bond acceptors (Lipinski definition) is 4. The van der Waals surface area contributed by atoms with Crippen molar-refractivity contribution < 1.29 is 27.9 Å². The van der Waals surface area contributed by atoms with Gasteiger partial charge in [0.1, 0.15) is 6.04 Å². The number of nitrogens with two attached hydrogens (primary N) is 1. The van der Waals surface area contributed by atoms with Gasteiger partial charge in [0.25, 0.3) is 5.91 Å². The Morgan fingerprint density at radius 3 is 2.43 bits per heavy atom. The zero-order chi connectivity index (χ0) is 17.6. The summed E-state index contributed by atoms with van der Waals surface area (Å²) in [5.74, 6) is -5.09. The van der Waals surface area contributed by atoms with Crippen molar-refractivity contribution in [1.29, 1.82) is 0 Å². The van der Waals surface area contributed by atoms with E-state index >= 15 is 0 Å². The fourth-order valence-electron chi connectivity index (χ4n) is 1.96. The summed E-state index contributed by atoms with van der Waals surface area (Å²) in [7, 11) is 0. The van der Waals surface area contributed by atoms with Crippen molar-refractivity contribution in [1.82, 2.24) is 5.32 Å². The molecule has 1 aromatic carbocycles. The molecule has 2 amide bonds. The lowest BCUT2D eigenvalue weighted by atomic mass is 9.97. The standard InChI is InChI=1S/C15H18F2N2O4/c1-3-23-12(20)6-8(2)13(14(18)21)19-15(22)9-4-5-10(16)11(17)7-9/h4-5,7-8,13H,3,6H2,1-2H3,(H2,18,21)(H,19,22)/t8-,13-/m0/s1. The number of halogens is 2. The van der Waals surface area contributed by atoms with Crippen LogP contribution in [0.3, 0.4) is 0 Å². The third-order valence-corrected chi connectivity index (χ3v) is 3.14. The zero-order valence-electron chi connectivity index (χ0n) is 12.8. The van der Waals surface area contributed by atoms with Crippen LogP contribution in [-0.2, 0) is 14.3 Å². The van der Waals surface area contributed by atoms with Crippen LogP contribution in [0.25, 0.3) is 0 Å². The molecule has 0 aromatic heterocycles. The summed E-state index contributed by atoms with van der Waals surface area (Å²) in [6.07, 6.45) is -0.125. The van der Waals surface area contributed by atoms with Crippen molar-refractivity contribution in [2.24, 2.45) is 11.7 Å². The minimum Gasteiger partial charge on any atom is -0.466 e. The number of nitrogens with one attached hydrogen (secondary N) is 1. The number of carbonyl (C=O) groups is 3. The number of esters is 1. The Bertz CT molecular complexity index is 607. The third-order valence-electron chi connectivity index (χ3n) is 3.14. The molecular weight excluding hydrogens is 310 g/mol. The minimum absolute atomic E-state index is 0.125. The molecule has 0 radical (unpaired) electrons. The van der Waals surface area contributed by atoms with E-state index in [9.17, 15) is 23.2 Å². The first kappa shape index (κ1) is 18.5. The average molecular weight is 328 g/mol. The van der Waals surface area contributed by atoms with E-state index in [0.29, 0.717) is 6.07 Å². The molecule has 0 aliphatic carbocycles. The second kappa shape index (κ2) is 8.21. The lowest BCUT2D eigenvalue weighted by Crippen LogP contribution is -2.49. The molecule has 8 heteroatoms. The van der Waals surface area contributed by atoms with Gasteiger partial charge in [-0.2, -0.15) is 0 Å². The molecule has 3 N–H and O–H groups in total. The topological polar surface area (TPSA) is 98.5 Å². The van der Waals surface area contributed by atoms with E-state index in [4.69, 9.17) is 10.5 Å². The minimum atomic E-state index is -1.19. The molecule has 6 nitrogen and oxygen atoms in total. The van der Waals surface area contributed by atoms with Crippen LogP contribution in [-0.4, -0.2) is 30.4 Å². The second-order valence-corrected chi connectivity index (χ2v) is 4.97. The molecule has 1 rings (SSSR count). The Hall–Kier alpha value is -2.51. The maximum atomic E-state index is 13.1. The van der Waals surface area contributed by atoms with E-state index in [2.05, 4.69) is 5.32 Å². The molecule has 0 bridgehead atoms. The van der Waals surface area contributed by atoms with Crippen LogP contribution in [0.2, 0.25) is 0 Å². The highest BCUT2D eigenvalue weighted by molar-refractivity contribution is 5.97. The lowest BCUT2D eigenvalue weighted by Gasteiger charge is -2.21. The van der Waals surface area contributed by atoms with Gasteiger partial charge in [-0.05, 0) is 31.0 Å². The van der Waals surface area contributed by atoms with E-state index in [1.165, 1.54) is 6.92 Å². The van der Waals surface area contributed by atoms with Crippen LogP contribution in [0.4, 0.5) is 8.78 Å². The van der Waals surface area contributed by atoms with E-state index in [0.717, 1.165) is 12.1 Å². The number of primary amides is 1. The van der Waals surface area contributed by atoms with Crippen molar-refractivity contribution in [2.75, 3.05) is 6.61 Å². The normalized spacial score (nSPS) is 13.0. The van der Waals surface area contributed by atoms with Gasteiger partial charge in [-0.15, -0.1) is 0 Å². The summed E-state index contributed by atoms with van der Waals surface area (Å²) in [5.41, 5.74) is 5.06. The number of benzene rings is 1. The Balaban J connectivity index is 2.82. The van der Waals surface area contributed by atoms with Crippen LogP contribution < -0.4 is 11.1 Å². The predicted molar refractivity (Wildman–Crippen MR) is 77.2 cm³/mol. The van der Waals surface area contributed by atoms with Crippen LogP contribution in [0, 0.1) is 17.6 Å². The van der Waals surface area contributed by atoms with E-state index < -0.39 is 41.4 Å². The van der Waals surface area contributed by atoms with Crippen molar-refractivity contribution in [2.45, 2.75) is 26.3 Å². The molecule has 2 atom stereocenters. The molecule has 126 valence electrons. The van der Waals surface area contributed by atoms with Gasteiger partial charge in [-0.1, -0.05) is 6.92 Å². The largest absolute Gasteiger partial charge is 0.466 e. The summed E-state index contributed by atoms with van der Waals surface area (Å²) >= 11 is 0. The Morgan fingerprint density at radius 2 is 1.91 bits per heavy atom. The van der Waals surface area contributed by atoms with Gasteiger partial charge in [-0.3, -0.25) is 14.4 Å². The molecule has 0 saturated heterocycles. The molecular formula is C15H18F2N2O4. The molecule has 0 spiro atoms. The first-order valence-corrected chi connectivity index (χ1v) is 6.97. The van der Waals surface area contributed by atoms with Gasteiger partial charge >= 0.3 is 5.97 Å². The first-order chi connectivity index (χ1) is 10.8. The Labute approximate surface area is 132 Å². The molecule has 1 aromatic rings. The predicted octanol–water partition coefficient (Wildman–Crippen LogP) is 1.14. The molecule has 0 saturated carbocycles. The molecule has 0 fully saturated rings. The maximum Gasteiger partial charge on any atom is 0.306 e. The first-order valence-electron chi connectivity index (χ1n) is 6.97. The Morgan fingerprint density at radius 1 is 1.26 bits per heavy atom. The van der Waals surface area contributed by atoms with Crippen molar-refractivity contribution in [3.05, 3.63) is 35.4 Å². The monoisotopic (exact) mass is 328 g/mol. The molecule has 0 unspecified atom stereocenters. The number of carbonyl (C=O) groups excluding carboxylic acids is 3. The van der Waals surface area contributed by atoms with Crippen molar-refractivity contribution in [3.8, 4) is 0 Å². The summed E-state index contributed by atoms with van der Waals surface area (Å²) in [6, 6.07) is 1.42. The zero-order valence-corrected chi connectivity index (χ0v) is 12.8. The number of ether oxygens (including phenoxy) is 1. The summed E-state index contributed by atoms with van der Waals surface area (Å²) in [6.45, 7) is 3.37. The lowest BCUT2D eigenvalue weighted by molar-refractivity contribution is -0.144. The van der Waals surface area contributed by atoms with Gasteiger partial charge in [0, 0.05) is 5.56 Å². The van der Waals surface area contributed by atoms with Gasteiger partial charge in [0.15, 0.2) is 11.6 Å². The SMILES string of the molecule is CCOC(=O)C[C@H](C)[C@H](NC(=O)c1ccc(F)c(F)c1)C(N)=O. The van der Waals surface area contributed by atoms with E-state index in [1.54, 1.807) is 6.92 Å². The molecule has 23 heavy (non-hydrogen) atoms. The highest BCUT2D eigenvalue weighted by atomic mass is 19.2. The van der Waals surface area contributed by atoms with Crippen LogP contribution >= 0.6 is 0 Å². The summed E-state index contributed by atoms with van der Waals surface area (Å²) in [5, 5.41) is 2.32. The highest BCUT2D eigenvalue weighted by Crippen LogP contribution is 2.12. The molecule has 0 aliphatic rings. The van der Waals surface area contributed by atoms with Crippen molar-refractivity contribution in [3.63, 3.8) is 0 Å². The van der Waals surface area contributed by atoms with Gasteiger partial charge < -0.3 is 15.8 Å². The fraction of sp³-hybridized carbons (Fsp3) is 0.400. The van der Waals surface area contributed by atoms with E-state index in [-0.39, 0.29) is 18.6 Å². The summed E-state index contributed by atoms with van der Waals surface area (Å²) < 4.78 is 30.8. The van der Waals surface area contributed by atoms with Gasteiger partial charge in [0.2, 0.25) is 5.91 Å². The third kappa shape index (κ3) is 5.32. The van der Waals surface area contributed by atoms with Crippen LogP contribution in [0.15, 0.2) is 18.2 Å². The van der Waals surface area contributed by atoms with E-state index in [1.807, 2.05) is 0 Å². The second-order valence-electron chi connectivity index (χ2n) is 4.97. The highest BCUT2D eigenvalue weighted by Gasteiger charge is 2.27. The average Bonchev–Trinajstić information content (AvgIpc) is 2.46.